The van der Waals surface area contributed by atoms with Crippen LogP contribution < -0.4 is 15.5 Å². The van der Waals surface area contributed by atoms with Gasteiger partial charge in [-0.05, 0) is 119 Å². The molecule has 0 aliphatic heterocycles. The fourth-order valence-electron chi connectivity index (χ4n) is 6.80. The number of nitro groups is 1. The SMILES string of the molecule is CC(C)(C)OC(=O)N(c1nnc(-c2cccc(N)c2)s1)c1ccc2c(cnn2C(=O)OC(C)(C)C)c1Cl.CC(C)(C)OC(=O)N(c1nnc(-c2cccc([N+](=O)[O-])c2)s1)c1ccc2c(cnn2C(=O)OC(C)(C)C)c1Cl. The summed E-state index contributed by atoms with van der Waals surface area (Å²) in [5.41, 5.74) is 5.83. The van der Waals surface area contributed by atoms with E-state index in [1.54, 1.807) is 119 Å². The lowest BCUT2D eigenvalue weighted by Crippen LogP contribution is -2.34. The number of fused-ring (bicyclic) bond motifs is 2. The number of nitrogen functional groups attached to an aromatic ring is 1. The van der Waals surface area contributed by atoms with Gasteiger partial charge in [-0.2, -0.15) is 19.6 Å². The summed E-state index contributed by atoms with van der Waals surface area (Å²) < 4.78 is 24.3. The number of non-ortho nitro benzene ring substituents is 1. The normalized spacial score (nSPS) is 11.9. The molecule has 8 aromatic rings. The first-order chi connectivity index (χ1) is 35.4. The number of anilines is 5. The molecule has 0 bridgehead atoms. The molecule has 0 radical (unpaired) electrons. The van der Waals surface area contributed by atoms with Crippen LogP contribution in [0.5, 0.6) is 0 Å². The molecule has 2 N–H and O–H groups in total. The van der Waals surface area contributed by atoms with Crippen molar-refractivity contribution < 1.29 is 43.0 Å². The van der Waals surface area contributed by atoms with Crippen LogP contribution in [-0.2, 0) is 18.9 Å². The Morgan fingerprint density at radius 1 is 0.579 bits per heavy atom. The van der Waals surface area contributed by atoms with Gasteiger partial charge in [-0.1, -0.05) is 70.1 Å². The quantitative estimate of drug-likeness (QED) is 0.0672. The number of halogens is 2. The second-order valence-corrected chi connectivity index (χ2v) is 23.2. The van der Waals surface area contributed by atoms with Gasteiger partial charge >= 0.3 is 24.4 Å². The minimum absolute atomic E-state index is 0.108. The summed E-state index contributed by atoms with van der Waals surface area (Å²) in [4.78, 5) is 65.2. The number of hydrogen-bond acceptors (Lipinski definition) is 19. The van der Waals surface area contributed by atoms with Crippen molar-refractivity contribution in [3.05, 3.63) is 105 Å². The predicted octanol–water partition coefficient (Wildman–Crippen LogP) is 13.6. The third kappa shape index (κ3) is 13.2. The maximum absolute atomic E-state index is 13.4. The van der Waals surface area contributed by atoms with Crippen LogP contribution in [0.15, 0.2) is 85.2 Å². The number of nitrogens with zero attached hydrogens (tertiary/aromatic N) is 11. The van der Waals surface area contributed by atoms with Gasteiger partial charge in [0.2, 0.25) is 10.3 Å². The molecule has 0 saturated carbocycles. The Morgan fingerprint density at radius 2 is 0.974 bits per heavy atom. The van der Waals surface area contributed by atoms with Gasteiger partial charge in [0.05, 0.1) is 49.8 Å². The van der Waals surface area contributed by atoms with Crippen molar-refractivity contribution in [3.63, 3.8) is 0 Å². The van der Waals surface area contributed by atoms with Crippen molar-refractivity contribution in [1.29, 1.82) is 0 Å². The maximum Gasteiger partial charge on any atom is 0.435 e. The first-order valence-electron chi connectivity index (χ1n) is 23.0. The molecule has 4 aromatic heterocycles. The number of nitrogens with two attached hydrogens (primary N) is 1. The van der Waals surface area contributed by atoms with E-state index in [-0.39, 0.29) is 31.7 Å². The van der Waals surface area contributed by atoms with Gasteiger partial charge < -0.3 is 24.7 Å². The highest BCUT2D eigenvalue weighted by molar-refractivity contribution is 7.19. The van der Waals surface area contributed by atoms with Crippen molar-refractivity contribution >= 4 is 125 Å². The molecule has 0 unspecified atom stereocenters. The Morgan fingerprint density at radius 3 is 1.36 bits per heavy atom. The number of ether oxygens (including phenoxy) is 4. The molecule has 0 fully saturated rings. The highest BCUT2D eigenvalue weighted by Gasteiger charge is 2.33. The van der Waals surface area contributed by atoms with Crippen LogP contribution in [-0.4, -0.2) is 91.7 Å². The van der Waals surface area contributed by atoms with Gasteiger partial charge in [-0.3, -0.25) is 10.1 Å². The molecule has 0 aliphatic carbocycles. The van der Waals surface area contributed by atoms with Crippen LogP contribution in [0.4, 0.5) is 52.2 Å². The number of nitro benzene ring substituents is 1. The zero-order chi connectivity index (χ0) is 55.8. The van der Waals surface area contributed by atoms with Gasteiger partial charge in [0.1, 0.15) is 32.4 Å². The summed E-state index contributed by atoms with van der Waals surface area (Å²) in [5.74, 6) is 0. The lowest BCUT2D eigenvalue weighted by molar-refractivity contribution is -0.384. The van der Waals surface area contributed by atoms with Crippen molar-refractivity contribution in [3.8, 4) is 21.1 Å². The van der Waals surface area contributed by atoms with Gasteiger partial charge in [-0.25, -0.2) is 29.0 Å². The molecule has 0 aliphatic rings. The van der Waals surface area contributed by atoms with E-state index in [2.05, 4.69) is 30.6 Å². The molecule has 0 spiro atoms. The number of aromatic nitrogens is 8. The van der Waals surface area contributed by atoms with E-state index < -0.39 is 51.7 Å². The van der Waals surface area contributed by atoms with Crippen molar-refractivity contribution in [2.75, 3.05) is 15.5 Å². The highest BCUT2D eigenvalue weighted by Crippen LogP contribution is 2.43. The summed E-state index contributed by atoms with van der Waals surface area (Å²) in [7, 11) is 0. The van der Waals surface area contributed by atoms with Crippen LogP contribution in [0, 0.1) is 10.1 Å². The van der Waals surface area contributed by atoms with Crippen molar-refractivity contribution in [2.45, 2.75) is 105 Å². The second-order valence-electron chi connectivity index (χ2n) is 20.6. The number of carbonyl (C=O) groups is 4. The molecule has 0 saturated heterocycles. The molecule has 398 valence electrons. The summed E-state index contributed by atoms with van der Waals surface area (Å²) in [6.45, 7) is 20.9. The zero-order valence-corrected chi connectivity index (χ0v) is 46.4. The molecule has 22 nitrogen and oxygen atoms in total. The third-order valence-electron chi connectivity index (χ3n) is 9.75. The van der Waals surface area contributed by atoms with E-state index in [1.807, 2.05) is 12.1 Å². The first kappa shape index (κ1) is 55.9. The molecule has 4 heterocycles. The van der Waals surface area contributed by atoms with Gasteiger partial charge in [0.25, 0.3) is 5.69 Å². The highest BCUT2D eigenvalue weighted by atomic mass is 35.5. The Balaban J connectivity index is 0.000000221. The molecule has 8 rings (SSSR count). The lowest BCUT2D eigenvalue weighted by atomic mass is 10.2. The number of amides is 2. The van der Waals surface area contributed by atoms with Crippen LogP contribution in [0.3, 0.4) is 0 Å². The third-order valence-corrected chi connectivity index (χ3v) is 12.5. The van der Waals surface area contributed by atoms with E-state index in [9.17, 15) is 29.3 Å². The second kappa shape index (κ2) is 21.4. The molecule has 76 heavy (non-hydrogen) atoms. The van der Waals surface area contributed by atoms with E-state index in [0.29, 0.717) is 48.8 Å². The van der Waals surface area contributed by atoms with Gasteiger partial charge in [0, 0.05) is 39.7 Å². The number of benzene rings is 4. The first-order valence-corrected chi connectivity index (χ1v) is 25.4. The largest absolute Gasteiger partial charge is 0.443 e. The molecular weight excluding hydrogens is 1060 g/mol. The van der Waals surface area contributed by atoms with E-state index in [0.717, 1.165) is 31.2 Å². The van der Waals surface area contributed by atoms with E-state index in [1.165, 1.54) is 52.9 Å². The van der Waals surface area contributed by atoms with Crippen LogP contribution >= 0.6 is 45.9 Å². The standard InChI is InChI=1S/C25H25ClN6O6S.C25H27ClN6O4S/c1-24(2,3)37-22(33)30(21-29-28-20(39-21)14-8-7-9-15(12-14)32(35)36)18-11-10-17-16(19(18)26)13-27-31(17)23(34)38-25(4,5)6;1-24(2,3)35-22(33)31(21-30-29-20(37-21)14-8-7-9-15(27)12-14)18-11-10-17-16(19(18)26)13-28-32(17)23(34)36-25(4,5)6/h7-13H,1-6H3;7-13H,27H2,1-6H3. The van der Waals surface area contributed by atoms with Gasteiger partial charge in [-0.15, -0.1) is 20.4 Å². The summed E-state index contributed by atoms with van der Waals surface area (Å²) in [6.07, 6.45) is 0.0414. The Bertz CT molecular complexity index is 3530. The van der Waals surface area contributed by atoms with E-state index in [4.69, 9.17) is 47.9 Å². The number of carbonyl (C=O) groups excluding carboxylic acids is 4. The van der Waals surface area contributed by atoms with E-state index >= 15 is 0 Å². The average molecular weight is 1120 g/mol. The average Bonchev–Trinajstić information content (AvgIpc) is 4.14. The lowest BCUT2D eigenvalue weighted by Gasteiger charge is -2.26. The fraction of sp³-hybridized carbons (Fsp3) is 0.320. The molecular formula is C50H52Cl2N12O10S2. The van der Waals surface area contributed by atoms with Crippen molar-refractivity contribution in [1.82, 2.24) is 40.0 Å². The van der Waals surface area contributed by atoms with Crippen LogP contribution in [0.1, 0.15) is 83.1 Å². The summed E-state index contributed by atoms with van der Waals surface area (Å²) >= 11 is 15.7. The molecule has 2 amide bonds. The monoisotopic (exact) mass is 1110 g/mol. The summed E-state index contributed by atoms with van der Waals surface area (Å²) in [6, 6.07) is 19.5. The van der Waals surface area contributed by atoms with Gasteiger partial charge in [0.15, 0.2) is 0 Å². The Hall–Kier alpha value is -7.80. The predicted molar refractivity (Wildman–Crippen MR) is 291 cm³/mol. The fourth-order valence-corrected chi connectivity index (χ4v) is 9.08. The minimum atomic E-state index is -0.846. The molecule has 26 heteroatoms. The number of rotatable bonds is 7. The number of hydrogen-bond donors (Lipinski definition) is 1. The Kier molecular flexibility index (Phi) is 15.8. The topological polar surface area (TPSA) is 268 Å². The minimum Gasteiger partial charge on any atom is -0.443 e. The Labute approximate surface area is 453 Å². The molecule has 0 atom stereocenters. The smallest absolute Gasteiger partial charge is 0.435 e. The summed E-state index contributed by atoms with van der Waals surface area (Å²) in [5, 5.41) is 38.7. The van der Waals surface area contributed by atoms with Crippen LogP contribution in [0.2, 0.25) is 10.0 Å². The molecule has 4 aromatic carbocycles. The zero-order valence-electron chi connectivity index (χ0n) is 43.2. The van der Waals surface area contributed by atoms with Crippen LogP contribution in [0.25, 0.3) is 42.9 Å². The maximum atomic E-state index is 13.4. The van der Waals surface area contributed by atoms with Crippen molar-refractivity contribution in [2.24, 2.45) is 0 Å².